The summed E-state index contributed by atoms with van der Waals surface area (Å²) in [5, 5.41) is 21.0. The maximum absolute atomic E-state index is 10.6. The monoisotopic (exact) mass is 831 g/mol. The standard InChI is InChI=1S/C50H65N5O6/c1-31-32(2)36(27-52)47-46(35(31)26-51)60-41-25-39-42(34(45(41)61-47)23-33-11-13-53(14-12-33)19-21-56-7)50(30-49(39,5)6)29-48(3,4)38-24-40(58-9)44(59-10)37(43(38)50)28-55-17-15-54(16-18-55)20-22-57-8/h24-25,33H,11-23,28-30H2,1-10H3. The van der Waals surface area contributed by atoms with Crippen LogP contribution in [0.3, 0.4) is 0 Å². The molecule has 11 heteroatoms. The van der Waals surface area contributed by atoms with Crippen molar-refractivity contribution in [2.45, 2.75) is 96.4 Å². The largest absolute Gasteiger partial charge is 0.493 e. The molecule has 0 amide bonds. The summed E-state index contributed by atoms with van der Waals surface area (Å²) in [4.78, 5) is 7.59. The summed E-state index contributed by atoms with van der Waals surface area (Å²) in [6, 6.07) is 9.28. The Morgan fingerprint density at radius 3 is 1.74 bits per heavy atom. The summed E-state index contributed by atoms with van der Waals surface area (Å²) < 4.78 is 37.5. The van der Waals surface area contributed by atoms with Gasteiger partial charge in [-0.15, -0.1) is 0 Å². The number of ether oxygens (including phenoxy) is 6. The van der Waals surface area contributed by atoms with Gasteiger partial charge in [0.05, 0.1) is 27.4 Å². The number of nitriles is 2. The fourth-order valence-corrected chi connectivity index (χ4v) is 11.9. The van der Waals surface area contributed by atoms with E-state index in [1.54, 1.807) is 28.4 Å². The van der Waals surface area contributed by atoms with Gasteiger partial charge in [-0.25, -0.2) is 0 Å². The molecule has 61 heavy (non-hydrogen) atoms. The van der Waals surface area contributed by atoms with Gasteiger partial charge in [0.15, 0.2) is 34.5 Å². The first-order chi connectivity index (χ1) is 29.2. The molecule has 3 aliphatic heterocycles. The maximum atomic E-state index is 10.6. The lowest BCUT2D eigenvalue weighted by atomic mass is 9.69. The number of nitrogens with zero attached hydrogens (tertiary/aromatic N) is 5. The van der Waals surface area contributed by atoms with Gasteiger partial charge in [0.2, 0.25) is 0 Å². The summed E-state index contributed by atoms with van der Waals surface area (Å²) in [7, 11) is 7.08. The van der Waals surface area contributed by atoms with Crippen LogP contribution in [0.4, 0.5) is 0 Å². The van der Waals surface area contributed by atoms with Gasteiger partial charge in [-0.3, -0.25) is 9.80 Å². The first kappa shape index (κ1) is 43.3. The molecule has 1 unspecified atom stereocenters. The van der Waals surface area contributed by atoms with Crippen molar-refractivity contribution in [1.29, 1.82) is 10.5 Å². The van der Waals surface area contributed by atoms with Gasteiger partial charge in [0, 0.05) is 76.6 Å². The molecule has 0 aromatic heterocycles. The molecule has 11 nitrogen and oxygen atoms in total. The van der Waals surface area contributed by atoms with Gasteiger partial charge in [-0.1, -0.05) is 27.7 Å². The van der Waals surface area contributed by atoms with Crippen LogP contribution in [0.15, 0.2) is 12.1 Å². The number of benzene rings is 3. The third-order valence-electron chi connectivity index (χ3n) is 14.9. The lowest BCUT2D eigenvalue weighted by molar-refractivity contribution is 0.0931. The third kappa shape index (κ3) is 7.34. The van der Waals surface area contributed by atoms with Crippen molar-refractivity contribution in [3.8, 4) is 46.6 Å². The third-order valence-corrected chi connectivity index (χ3v) is 14.9. The van der Waals surface area contributed by atoms with E-state index in [1.807, 2.05) is 13.8 Å². The fourth-order valence-electron chi connectivity index (χ4n) is 11.9. The van der Waals surface area contributed by atoms with Crippen LogP contribution in [0.2, 0.25) is 0 Å². The Kier molecular flexibility index (Phi) is 11.9. The Morgan fingerprint density at radius 2 is 1.20 bits per heavy atom. The van der Waals surface area contributed by atoms with Crippen LogP contribution in [0.5, 0.6) is 34.5 Å². The Labute approximate surface area is 363 Å². The van der Waals surface area contributed by atoms with E-state index in [0.717, 1.165) is 127 Å². The number of piperazine rings is 1. The molecule has 2 fully saturated rings. The molecule has 3 aromatic carbocycles. The van der Waals surface area contributed by atoms with Crippen molar-refractivity contribution < 1.29 is 28.4 Å². The molecule has 326 valence electrons. The highest BCUT2D eigenvalue weighted by Gasteiger charge is 2.59. The Balaban J connectivity index is 1.34. The first-order valence-corrected chi connectivity index (χ1v) is 22.2. The number of likely N-dealkylation sites (tertiary alicyclic amines) is 1. The van der Waals surface area contributed by atoms with Gasteiger partial charge in [-0.05, 0) is 121 Å². The number of hydrogen-bond donors (Lipinski definition) is 0. The van der Waals surface area contributed by atoms with Crippen LogP contribution in [-0.2, 0) is 38.7 Å². The van der Waals surface area contributed by atoms with E-state index in [1.165, 1.54) is 33.4 Å². The second kappa shape index (κ2) is 16.7. The summed E-state index contributed by atoms with van der Waals surface area (Å²) in [6.45, 7) is 23.3. The normalized spacial score (nSPS) is 21.8. The minimum atomic E-state index is -0.376. The topological polar surface area (TPSA) is 113 Å². The van der Waals surface area contributed by atoms with Crippen molar-refractivity contribution >= 4 is 0 Å². The van der Waals surface area contributed by atoms with Gasteiger partial charge < -0.3 is 33.3 Å². The molecule has 3 aromatic rings. The second-order valence-electron chi connectivity index (χ2n) is 19.5. The zero-order valence-corrected chi connectivity index (χ0v) is 38.2. The number of fused-ring (bicyclic) bond motifs is 6. The summed E-state index contributed by atoms with van der Waals surface area (Å²) >= 11 is 0. The Bertz CT molecular complexity index is 2270. The minimum absolute atomic E-state index is 0.186. The van der Waals surface area contributed by atoms with Gasteiger partial charge >= 0.3 is 0 Å². The molecule has 0 saturated carbocycles. The predicted molar refractivity (Wildman–Crippen MR) is 236 cm³/mol. The summed E-state index contributed by atoms with van der Waals surface area (Å²) in [5.74, 6) is 4.01. The quantitative estimate of drug-likeness (QED) is 0.138. The molecule has 3 heterocycles. The smallest absolute Gasteiger partial charge is 0.189 e. The molecule has 0 bridgehead atoms. The van der Waals surface area contributed by atoms with Crippen LogP contribution in [0.1, 0.15) is 109 Å². The van der Waals surface area contributed by atoms with Crippen molar-refractivity contribution in [3.05, 3.63) is 67.8 Å². The molecule has 1 spiro atoms. The first-order valence-electron chi connectivity index (χ1n) is 22.2. The zero-order chi connectivity index (χ0) is 43.4. The van der Waals surface area contributed by atoms with Gasteiger partial charge in [0.25, 0.3) is 0 Å². The van der Waals surface area contributed by atoms with Gasteiger partial charge in [0.1, 0.15) is 23.3 Å². The van der Waals surface area contributed by atoms with E-state index >= 15 is 0 Å². The van der Waals surface area contributed by atoms with Crippen LogP contribution in [0, 0.1) is 42.4 Å². The van der Waals surface area contributed by atoms with Crippen molar-refractivity contribution in [2.24, 2.45) is 5.92 Å². The minimum Gasteiger partial charge on any atom is -0.493 e. The fraction of sp³-hybridized carbons (Fsp3) is 0.600. The van der Waals surface area contributed by atoms with Crippen LogP contribution in [0.25, 0.3) is 0 Å². The average molecular weight is 832 g/mol. The zero-order valence-electron chi connectivity index (χ0n) is 38.2. The van der Waals surface area contributed by atoms with Crippen molar-refractivity contribution in [1.82, 2.24) is 14.7 Å². The lowest BCUT2D eigenvalue weighted by Gasteiger charge is -2.38. The predicted octanol–water partition coefficient (Wildman–Crippen LogP) is 8.28. The SMILES string of the molecule is COCCN1CCC(Cc2c3c(cc4c2C2(CC(C)(C)c5cc(OC)c(OC)c(CN6CCN(CCOC)CC6)c52)CC4(C)C)Oc2c(C#N)c(C)c(C)c(C#N)c2O3)CC1. The molecule has 2 saturated heterocycles. The molecule has 1 atom stereocenters. The summed E-state index contributed by atoms with van der Waals surface area (Å²) in [6.07, 6.45) is 4.76. The number of methoxy groups -OCH3 is 4. The highest BCUT2D eigenvalue weighted by atomic mass is 16.6. The average Bonchev–Trinajstić information content (AvgIpc) is 3.61. The molecular weight excluding hydrogens is 767 g/mol. The second-order valence-corrected chi connectivity index (χ2v) is 19.5. The Hall–Kier alpha value is -4.36. The number of hydrogen-bond acceptors (Lipinski definition) is 11. The molecular formula is C50H65N5O6. The summed E-state index contributed by atoms with van der Waals surface area (Å²) in [5.41, 5.74) is 9.20. The molecule has 0 radical (unpaired) electrons. The molecule has 8 rings (SSSR count). The Morgan fingerprint density at radius 1 is 0.672 bits per heavy atom. The van der Waals surface area contributed by atoms with Crippen molar-refractivity contribution in [3.63, 3.8) is 0 Å². The van der Waals surface area contributed by atoms with Crippen LogP contribution in [-0.4, -0.2) is 109 Å². The van der Waals surface area contributed by atoms with E-state index in [9.17, 15) is 10.5 Å². The van der Waals surface area contributed by atoms with Crippen molar-refractivity contribution in [2.75, 3.05) is 94.0 Å². The number of rotatable bonds is 12. The van der Waals surface area contributed by atoms with E-state index < -0.39 is 0 Å². The number of piperidine rings is 1. The van der Waals surface area contributed by atoms with E-state index in [0.29, 0.717) is 40.0 Å². The van der Waals surface area contributed by atoms with E-state index in [2.05, 4.69) is 66.7 Å². The van der Waals surface area contributed by atoms with Crippen LogP contribution >= 0.6 is 0 Å². The molecule has 0 N–H and O–H groups in total. The maximum Gasteiger partial charge on any atom is 0.189 e. The lowest BCUT2D eigenvalue weighted by Crippen LogP contribution is -2.47. The molecule has 5 aliphatic rings. The van der Waals surface area contributed by atoms with Gasteiger partial charge in [-0.2, -0.15) is 10.5 Å². The van der Waals surface area contributed by atoms with Crippen LogP contribution < -0.4 is 18.9 Å². The van der Waals surface area contributed by atoms with E-state index in [4.69, 9.17) is 28.4 Å². The highest BCUT2D eigenvalue weighted by molar-refractivity contribution is 5.76. The highest BCUT2D eigenvalue weighted by Crippen LogP contribution is 2.68. The van der Waals surface area contributed by atoms with E-state index in [-0.39, 0.29) is 16.2 Å². The molecule has 2 aliphatic carbocycles.